The molecular formula is C21H26F4N4O. The summed E-state index contributed by atoms with van der Waals surface area (Å²) in [6, 6.07) is 4.29. The second-order valence-corrected chi connectivity index (χ2v) is 8.55. The van der Waals surface area contributed by atoms with Crippen molar-refractivity contribution in [1.82, 2.24) is 9.91 Å². The van der Waals surface area contributed by atoms with Crippen molar-refractivity contribution in [2.75, 3.05) is 7.05 Å². The van der Waals surface area contributed by atoms with Gasteiger partial charge in [0, 0.05) is 19.6 Å². The van der Waals surface area contributed by atoms with Crippen LogP contribution in [-0.4, -0.2) is 52.9 Å². The predicted molar refractivity (Wildman–Crippen MR) is 104 cm³/mol. The molecule has 1 amide bonds. The number of carbonyl (C=O) groups excluding carboxylic acids is 1. The van der Waals surface area contributed by atoms with Gasteiger partial charge < -0.3 is 10.6 Å². The normalized spacial score (nSPS) is 27.1. The molecule has 2 saturated carbocycles. The first-order valence-corrected chi connectivity index (χ1v) is 10.4. The molecule has 5 nitrogen and oxygen atoms in total. The molecule has 1 aromatic rings. The van der Waals surface area contributed by atoms with Gasteiger partial charge in [-0.15, -0.1) is 0 Å². The predicted octanol–water partition coefficient (Wildman–Crippen LogP) is 3.53. The van der Waals surface area contributed by atoms with E-state index in [0.29, 0.717) is 23.4 Å². The number of nitrogens with two attached hydrogens (primary N) is 1. The molecule has 9 heteroatoms. The third-order valence-electron chi connectivity index (χ3n) is 6.44. The maximum Gasteiger partial charge on any atom is 0.280 e. The molecule has 0 saturated heterocycles. The molecule has 2 fully saturated rings. The van der Waals surface area contributed by atoms with E-state index in [4.69, 9.17) is 5.73 Å². The largest absolute Gasteiger partial charge is 0.333 e. The van der Waals surface area contributed by atoms with Crippen molar-refractivity contribution in [3.05, 3.63) is 35.1 Å². The van der Waals surface area contributed by atoms with Crippen molar-refractivity contribution in [2.45, 2.75) is 75.3 Å². The highest BCUT2D eigenvalue weighted by molar-refractivity contribution is 6.16. The van der Waals surface area contributed by atoms with Crippen molar-refractivity contribution in [2.24, 2.45) is 10.8 Å². The number of nitrogens with zero attached hydrogens (tertiary/aromatic N) is 3. The van der Waals surface area contributed by atoms with Gasteiger partial charge in [-0.05, 0) is 54.9 Å². The Labute approximate surface area is 172 Å². The fourth-order valence-electron chi connectivity index (χ4n) is 4.68. The minimum Gasteiger partial charge on any atom is -0.333 e. The summed E-state index contributed by atoms with van der Waals surface area (Å²) in [5, 5.41) is 4.16. The van der Waals surface area contributed by atoms with Gasteiger partial charge in [-0.2, -0.15) is 5.10 Å². The average Bonchev–Trinajstić information content (AvgIpc) is 3.35. The number of amides is 1. The van der Waals surface area contributed by atoms with Crippen molar-refractivity contribution in [3.8, 4) is 0 Å². The molecule has 1 aromatic carbocycles. The molecule has 0 aromatic heterocycles. The van der Waals surface area contributed by atoms with Crippen LogP contribution in [0.4, 0.5) is 17.6 Å². The SMILES string of the molecule is CN1N=C(C(F)F)C(N)(C(=O)N(Cc2cc(F)ccc2C2CCCC2)C2CC2)C1F. The minimum atomic E-state index is -3.16. The fourth-order valence-corrected chi connectivity index (χ4v) is 4.68. The van der Waals surface area contributed by atoms with Crippen LogP contribution < -0.4 is 5.73 Å². The zero-order valence-corrected chi connectivity index (χ0v) is 16.8. The van der Waals surface area contributed by atoms with E-state index in [9.17, 15) is 22.4 Å². The fraction of sp³-hybridized carbons (Fsp3) is 0.619. The van der Waals surface area contributed by atoms with Gasteiger partial charge in [-0.3, -0.25) is 9.80 Å². The van der Waals surface area contributed by atoms with Crippen molar-refractivity contribution in [1.29, 1.82) is 0 Å². The quantitative estimate of drug-likeness (QED) is 0.559. The summed E-state index contributed by atoms with van der Waals surface area (Å²) in [6.45, 7) is 0.0129. The standard InChI is InChI=1S/C21H26F4N4O/c1-28-19(25)21(26,17(27-28)18(23)24)20(30)29(15-7-8-15)11-13-10-14(22)6-9-16(13)12-4-2-3-5-12/h6,9-10,12,15,18-19H,2-5,7-8,11,26H2,1H3. The average molecular weight is 426 g/mol. The lowest BCUT2D eigenvalue weighted by atomic mass is 9.90. The number of halogens is 4. The van der Waals surface area contributed by atoms with E-state index >= 15 is 0 Å². The summed E-state index contributed by atoms with van der Waals surface area (Å²) in [5.74, 6) is -1.09. The highest BCUT2D eigenvalue weighted by Crippen LogP contribution is 2.39. The summed E-state index contributed by atoms with van der Waals surface area (Å²) in [7, 11) is 1.17. The number of hydrazone groups is 1. The summed E-state index contributed by atoms with van der Waals surface area (Å²) >= 11 is 0. The third-order valence-corrected chi connectivity index (χ3v) is 6.44. The van der Waals surface area contributed by atoms with Gasteiger partial charge in [-0.1, -0.05) is 18.9 Å². The van der Waals surface area contributed by atoms with Gasteiger partial charge >= 0.3 is 0 Å². The molecule has 0 bridgehead atoms. The lowest BCUT2D eigenvalue weighted by molar-refractivity contribution is -0.139. The van der Waals surface area contributed by atoms with Gasteiger partial charge in [0.15, 0.2) is 5.54 Å². The Bertz CT molecular complexity index is 853. The molecule has 1 heterocycles. The number of carbonyl (C=O) groups is 1. The molecule has 0 radical (unpaired) electrons. The van der Waals surface area contributed by atoms with Gasteiger partial charge in [0.05, 0.1) is 0 Å². The van der Waals surface area contributed by atoms with Gasteiger partial charge in [0.25, 0.3) is 12.3 Å². The van der Waals surface area contributed by atoms with Crippen LogP contribution in [0.3, 0.4) is 0 Å². The van der Waals surface area contributed by atoms with E-state index in [0.717, 1.165) is 31.2 Å². The molecule has 2 unspecified atom stereocenters. The highest BCUT2D eigenvalue weighted by Gasteiger charge is 2.59. The number of rotatable bonds is 6. The van der Waals surface area contributed by atoms with E-state index in [2.05, 4.69) is 5.10 Å². The first-order chi connectivity index (χ1) is 14.2. The summed E-state index contributed by atoms with van der Waals surface area (Å²) < 4.78 is 56.0. The van der Waals surface area contributed by atoms with Crippen molar-refractivity contribution in [3.63, 3.8) is 0 Å². The van der Waals surface area contributed by atoms with Gasteiger partial charge in [0.2, 0.25) is 6.30 Å². The van der Waals surface area contributed by atoms with E-state index in [1.165, 1.54) is 24.1 Å². The van der Waals surface area contributed by atoms with Crippen LogP contribution in [0.1, 0.15) is 55.6 Å². The number of alkyl halides is 3. The summed E-state index contributed by atoms with van der Waals surface area (Å²) in [6.07, 6.45) is 0.120. The molecule has 0 spiro atoms. The molecule has 3 aliphatic rings. The summed E-state index contributed by atoms with van der Waals surface area (Å²) in [5.41, 5.74) is 4.05. The van der Waals surface area contributed by atoms with Crippen molar-refractivity contribution >= 4 is 11.6 Å². The minimum absolute atomic E-state index is 0.0129. The van der Waals surface area contributed by atoms with Crippen LogP contribution in [0.25, 0.3) is 0 Å². The Balaban J connectivity index is 1.67. The molecule has 164 valence electrons. The Morgan fingerprint density at radius 3 is 2.57 bits per heavy atom. The smallest absolute Gasteiger partial charge is 0.280 e. The topological polar surface area (TPSA) is 61.9 Å². The maximum atomic E-state index is 14.8. The maximum absolute atomic E-state index is 14.8. The first kappa shape index (κ1) is 21.1. The number of likely N-dealkylation sites (N-methyl/N-ethyl adjacent to an activating group) is 1. The Kier molecular flexibility index (Phi) is 5.50. The molecule has 2 N–H and O–H groups in total. The van der Waals surface area contributed by atoms with Crippen LogP contribution in [0.5, 0.6) is 0 Å². The third kappa shape index (κ3) is 3.57. The lowest BCUT2D eigenvalue weighted by Gasteiger charge is -2.34. The number of hydrogen-bond donors (Lipinski definition) is 1. The molecule has 30 heavy (non-hydrogen) atoms. The van der Waals surface area contributed by atoms with Crippen LogP contribution in [0, 0.1) is 5.82 Å². The molecule has 2 atom stereocenters. The highest BCUT2D eigenvalue weighted by atomic mass is 19.3. The molecule has 4 rings (SSSR count). The molecular weight excluding hydrogens is 400 g/mol. The van der Waals surface area contributed by atoms with Crippen LogP contribution in [0.15, 0.2) is 23.3 Å². The number of benzene rings is 1. The number of hydrogen-bond acceptors (Lipinski definition) is 4. The monoisotopic (exact) mass is 426 g/mol. The first-order valence-electron chi connectivity index (χ1n) is 10.4. The van der Waals surface area contributed by atoms with Gasteiger partial charge in [0.1, 0.15) is 11.5 Å². The Hall–Kier alpha value is -2.16. The molecule has 1 aliphatic heterocycles. The second-order valence-electron chi connectivity index (χ2n) is 8.55. The molecule has 2 aliphatic carbocycles. The van der Waals surface area contributed by atoms with Crippen LogP contribution >= 0.6 is 0 Å². The lowest BCUT2D eigenvalue weighted by Crippen LogP contribution is -2.66. The van der Waals surface area contributed by atoms with E-state index in [1.54, 1.807) is 6.07 Å². The van der Waals surface area contributed by atoms with Crippen molar-refractivity contribution < 1.29 is 22.4 Å². The summed E-state index contributed by atoms with van der Waals surface area (Å²) in [4.78, 5) is 14.7. The van der Waals surface area contributed by atoms with E-state index in [-0.39, 0.29) is 18.5 Å². The zero-order valence-electron chi connectivity index (χ0n) is 16.8. The zero-order chi connectivity index (χ0) is 21.6. The Morgan fingerprint density at radius 2 is 1.97 bits per heavy atom. The second kappa shape index (κ2) is 7.83. The van der Waals surface area contributed by atoms with E-state index in [1.807, 2.05) is 0 Å². The van der Waals surface area contributed by atoms with Crippen LogP contribution in [-0.2, 0) is 11.3 Å². The Morgan fingerprint density at radius 1 is 1.30 bits per heavy atom. The van der Waals surface area contributed by atoms with E-state index < -0.39 is 35.7 Å². The van der Waals surface area contributed by atoms with Crippen LogP contribution in [0.2, 0.25) is 0 Å². The van der Waals surface area contributed by atoms with Gasteiger partial charge in [-0.25, -0.2) is 17.6 Å².